The second kappa shape index (κ2) is 10.1. The summed E-state index contributed by atoms with van der Waals surface area (Å²) in [5, 5.41) is 0. The molecular formula is C22H29NO3. The molecule has 140 valence electrons. The van der Waals surface area contributed by atoms with Gasteiger partial charge < -0.3 is 9.47 Å². The number of rotatable bonds is 8. The van der Waals surface area contributed by atoms with E-state index in [0.29, 0.717) is 38.5 Å². The number of carbonyl (C=O) groups excluding carboxylic acids is 1. The Kier molecular flexibility index (Phi) is 7.87. The van der Waals surface area contributed by atoms with Crippen molar-refractivity contribution in [3.63, 3.8) is 0 Å². The van der Waals surface area contributed by atoms with Crippen LogP contribution in [0.3, 0.4) is 0 Å². The highest BCUT2D eigenvalue weighted by atomic mass is 16.6. The average Bonchev–Trinajstić information content (AvgIpc) is 2.69. The fourth-order valence-corrected chi connectivity index (χ4v) is 3.17. The van der Waals surface area contributed by atoms with Crippen molar-refractivity contribution in [2.75, 3.05) is 19.8 Å². The van der Waals surface area contributed by atoms with Crippen LogP contribution in [0.15, 0.2) is 35.3 Å². The molecule has 0 aliphatic carbocycles. The first kappa shape index (κ1) is 20.2. The summed E-state index contributed by atoms with van der Waals surface area (Å²) in [6.07, 6.45) is 10.1. The number of hydrogen-bond donors (Lipinski definition) is 0. The molecule has 1 heterocycles. The Bertz CT molecular complexity index is 627. The Balaban J connectivity index is 1.99. The third-order valence-electron chi connectivity index (χ3n) is 5.02. The van der Waals surface area contributed by atoms with E-state index in [-0.39, 0.29) is 11.9 Å². The van der Waals surface area contributed by atoms with Gasteiger partial charge in [-0.25, -0.2) is 0 Å². The van der Waals surface area contributed by atoms with E-state index in [2.05, 4.69) is 30.0 Å². The third kappa shape index (κ3) is 5.71. The van der Waals surface area contributed by atoms with E-state index in [0.717, 1.165) is 12.8 Å². The highest BCUT2D eigenvalue weighted by Crippen LogP contribution is 2.28. The van der Waals surface area contributed by atoms with Crippen LogP contribution in [0, 0.1) is 18.3 Å². The molecule has 0 saturated carbocycles. The second-order valence-electron chi connectivity index (χ2n) is 6.88. The lowest BCUT2D eigenvalue weighted by atomic mass is 9.91. The standard InChI is InChI=1S/C22H29NO3/c1-4-22(13-15-25-16-14-22)26-21(24)20(17-23-5-2)12-11-18(3)19-9-7-6-8-10-19/h1,5-10,18,20H,11-17H2,2-3H3/t18-,20?/m0/s1. The van der Waals surface area contributed by atoms with Crippen LogP contribution in [-0.4, -0.2) is 37.5 Å². The highest BCUT2D eigenvalue weighted by Gasteiger charge is 2.36. The predicted molar refractivity (Wildman–Crippen MR) is 104 cm³/mol. The first-order chi connectivity index (χ1) is 12.6. The molecule has 0 spiro atoms. The molecule has 2 rings (SSSR count). The molecule has 1 saturated heterocycles. The number of benzene rings is 1. The zero-order valence-electron chi connectivity index (χ0n) is 15.8. The third-order valence-corrected chi connectivity index (χ3v) is 5.02. The largest absolute Gasteiger partial charge is 0.445 e. The second-order valence-corrected chi connectivity index (χ2v) is 6.88. The van der Waals surface area contributed by atoms with Gasteiger partial charge in [0.15, 0.2) is 5.60 Å². The molecule has 2 atom stereocenters. The quantitative estimate of drug-likeness (QED) is 0.402. The van der Waals surface area contributed by atoms with Gasteiger partial charge >= 0.3 is 5.97 Å². The molecule has 1 aliphatic heterocycles. The molecule has 0 amide bonds. The van der Waals surface area contributed by atoms with Gasteiger partial charge in [-0.2, -0.15) is 0 Å². The van der Waals surface area contributed by atoms with Gasteiger partial charge in [0.2, 0.25) is 0 Å². The van der Waals surface area contributed by atoms with Crippen molar-refractivity contribution < 1.29 is 14.3 Å². The van der Waals surface area contributed by atoms with Gasteiger partial charge in [-0.1, -0.05) is 43.2 Å². The van der Waals surface area contributed by atoms with Crippen LogP contribution in [0.1, 0.15) is 51.0 Å². The molecule has 26 heavy (non-hydrogen) atoms. The zero-order chi connectivity index (χ0) is 18.8. The lowest BCUT2D eigenvalue weighted by molar-refractivity contribution is -0.165. The van der Waals surface area contributed by atoms with Crippen LogP contribution in [-0.2, 0) is 14.3 Å². The van der Waals surface area contributed by atoms with E-state index in [9.17, 15) is 4.79 Å². The summed E-state index contributed by atoms with van der Waals surface area (Å²) in [4.78, 5) is 17.1. The number of carbonyl (C=O) groups is 1. The minimum Gasteiger partial charge on any atom is -0.445 e. The van der Waals surface area contributed by atoms with E-state index >= 15 is 0 Å². The molecule has 0 bridgehead atoms. The molecule has 4 nitrogen and oxygen atoms in total. The Morgan fingerprint density at radius 2 is 2.04 bits per heavy atom. The number of esters is 1. The minimum atomic E-state index is -0.825. The summed E-state index contributed by atoms with van der Waals surface area (Å²) >= 11 is 0. The van der Waals surface area contributed by atoms with Crippen LogP contribution in [0.25, 0.3) is 0 Å². The molecule has 1 fully saturated rings. The Morgan fingerprint density at radius 1 is 1.35 bits per heavy atom. The predicted octanol–water partition coefficient (Wildman–Crippen LogP) is 4.00. The zero-order valence-corrected chi connectivity index (χ0v) is 15.8. The van der Waals surface area contributed by atoms with Crippen molar-refractivity contribution >= 4 is 12.2 Å². The van der Waals surface area contributed by atoms with Crippen molar-refractivity contribution in [2.24, 2.45) is 10.9 Å². The fraction of sp³-hybridized carbons (Fsp3) is 0.545. The van der Waals surface area contributed by atoms with E-state index in [4.69, 9.17) is 15.9 Å². The van der Waals surface area contributed by atoms with Crippen LogP contribution >= 0.6 is 0 Å². The van der Waals surface area contributed by atoms with Gasteiger partial charge in [-0.15, -0.1) is 6.42 Å². The lowest BCUT2D eigenvalue weighted by Gasteiger charge is -2.33. The van der Waals surface area contributed by atoms with Crippen LogP contribution in [0.4, 0.5) is 0 Å². The number of aliphatic imine (C=N–C) groups is 1. The number of ether oxygens (including phenoxy) is 2. The Hall–Kier alpha value is -2.12. The SMILES string of the molecule is C#CC1(OC(=O)C(CC[C@H](C)c2ccccc2)CN=CC)CCOCC1. The number of nitrogens with zero attached hydrogens (tertiary/aromatic N) is 1. The monoisotopic (exact) mass is 355 g/mol. The number of hydrogen-bond acceptors (Lipinski definition) is 4. The average molecular weight is 355 g/mol. The highest BCUT2D eigenvalue weighted by molar-refractivity contribution is 5.74. The summed E-state index contributed by atoms with van der Waals surface area (Å²) in [5.74, 6) is 2.55. The molecular weight excluding hydrogens is 326 g/mol. The number of terminal acetylenes is 1. The summed E-state index contributed by atoms with van der Waals surface area (Å²) in [7, 11) is 0. The molecule has 0 N–H and O–H groups in total. The first-order valence-electron chi connectivity index (χ1n) is 9.38. The maximum Gasteiger partial charge on any atom is 0.312 e. The maximum atomic E-state index is 12.8. The van der Waals surface area contributed by atoms with Gasteiger partial charge in [0, 0.05) is 12.8 Å². The molecule has 1 aliphatic rings. The minimum absolute atomic E-state index is 0.240. The van der Waals surface area contributed by atoms with Gasteiger partial charge in [0.05, 0.1) is 25.7 Å². The van der Waals surface area contributed by atoms with Gasteiger partial charge in [-0.05, 0) is 37.5 Å². The van der Waals surface area contributed by atoms with Crippen LogP contribution in [0.2, 0.25) is 0 Å². The van der Waals surface area contributed by atoms with Crippen LogP contribution < -0.4 is 0 Å². The van der Waals surface area contributed by atoms with Crippen molar-refractivity contribution in [2.45, 2.75) is 51.0 Å². The van der Waals surface area contributed by atoms with E-state index in [1.165, 1.54) is 5.56 Å². The lowest BCUT2D eigenvalue weighted by Crippen LogP contribution is -2.41. The topological polar surface area (TPSA) is 47.9 Å². The smallest absolute Gasteiger partial charge is 0.312 e. The maximum absolute atomic E-state index is 12.8. The fourth-order valence-electron chi connectivity index (χ4n) is 3.17. The summed E-state index contributed by atoms with van der Waals surface area (Å²) in [6.45, 7) is 5.53. The summed E-state index contributed by atoms with van der Waals surface area (Å²) in [5.41, 5.74) is 0.456. The normalized spacial score (nSPS) is 18.8. The molecule has 4 heteroatoms. The van der Waals surface area contributed by atoms with Gasteiger partial charge in [0.25, 0.3) is 0 Å². The molecule has 1 unspecified atom stereocenters. The summed E-state index contributed by atoms with van der Waals surface area (Å²) < 4.78 is 11.1. The molecule has 1 aromatic rings. The first-order valence-corrected chi connectivity index (χ1v) is 9.38. The van der Waals surface area contributed by atoms with E-state index < -0.39 is 5.60 Å². The molecule has 0 aromatic heterocycles. The van der Waals surface area contributed by atoms with Crippen molar-refractivity contribution in [3.05, 3.63) is 35.9 Å². The molecule has 0 radical (unpaired) electrons. The van der Waals surface area contributed by atoms with Crippen molar-refractivity contribution in [3.8, 4) is 12.3 Å². The van der Waals surface area contributed by atoms with Crippen molar-refractivity contribution in [1.29, 1.82) is 0 Å². The van der Waals surface area contributed by atoms with E-state index in [1.54, 1.807) is 6.21 Å². The Morgan fingerprint density at radius 3 is 2.65 bits per heavy atom. The van der Waals surface area contributed by atoms with Gasteiger partial charge in [0.1, 0.15) is 0 Å². The van der Waals surface area contributed by atoms with Crippen molar-refractivity contribution in [1.82, 2.24) is 0 Å². The van der Waals surface area contributed by atoms with Gasteiger partial charge in [-0.3, -0.25) is 9.79 Å². The summed E-state index contributed by atoms with van der Waals surface area (Å²) in [6, 6.07) is 10.3. The Labute approximate surface area is 157 Å². The van der Waals surface area contributed by atoms with E-state index in [1.807, 2.05) is 25.1 Å². The molecule has 1 aromatic carbocycles. The van der Waals surface area contributed by atoms with Crippen LogP contribution in [0.5, 0.6) is 0 Å².